The van der Waals surface area contributed by atoms with Crippen LogP contribution in [0.2, 0.25) is 0 Å². The number of carboxylic acid groups (broad SMARTS) is 1. The second kappa shape index (κ2) is 28.0. The first-order chi connectivity index (χ1) is 8.18. The largest absolute Gasteiger partial charge is 2.00 e. The van der Waals surface area contributed by atoms with E-state index in [1.807, 2.05) is 0 Å². The molecule has 0 aliphatic rings. The zero-order chi connectivity index (χ0) is 13.4. The van der Waals surface area contributed by atoms with Crippen molar-refractivity contribution in [3.05, 3.63) is 6.92 Å². The molecule has 0 spiro atoms. The van der Waals surface area contributed by atoms with Crippen LogP contribution < -0.4 is 29.6 Å². The summed E-state index contributed by atoms with van der Waals surface area (Å²) in [4.78, 5) is 9.37. The van der Waals surface area contributed by atoms with Gasteiger partial charge in [-0.2, -0.15) is 6.42 Å². The van der Waals surface area contributed by atoms with Gasteiger partial charge in [-0.05, 0) is 0 Å². The first kappa shape index (κ1) is 28.8. The van der Waals surface area contributed by atoms with Crippen LogP contribution in [-0.2, 0) is 4.79 Å². The van der Waals surface area contributed by atoms with E-state index in [-0.39, 0.29) is 76.6 Å². The zero-order valence-corrected chi connectivity index (χ0v) is 17.8. The molecule has 0 fully saturated rings. The van der Waals surface area contributed by atoms with Crippen LogP contribution in [0.1, 0.15) is 87.3 Å². The van der Waals surface area contributed by atoms with Gasteiger partial charge in [0.1, 0.15) is 0 Å². The summed E-state index contributed by atoms with van der Waals surface area (Å²) in [6.07, 6.45) is 14.1. The Morgan fingerprint density at radius 1 is 0.947 bits per heavy atom. The number of rotatable bonds is 10. The fraction of sp³-hybridized carbons (Fsp3) is 0.867. The first-order valence-corrected chi connectivity index (χ1v) is 7.20. The average Bonchev–Trinajstić information content (AvgIpc) is 2.33. The summed E-state index contributed by atoms with van der Waals surface area (Å²) in [5.74, 6) is -0.745. The molecule has 0 unspecified atom stereocenters. The molecule has 0 atom stereocenters. The molecule has 4 heteroatoms. The molecule has 2 nitrogen and oxygen atoms in total. The summed E-state index contributed by atoms with van der Waals surface area (Å²) >= 11 is 0. The fourth-order valence-corrected chi connectivity index (χ4v) is 1.49. The third kappa shape index (κ3) is 38.3. The monoisotopic (exact) mass is 308 g/mol. The summed E-state index contributed by atoms with van der Waals surface area (Å²) < 4.78 is 0. The molecule has 0 saturated carbocycles. The van der Waals surface area contributed by atoms with Crippen molar-refractivity contribution in [2.24, 2.45) is 0 Å². The minimum Gasteiger partial charge on any atom is -1.00 e. The quantitative estimate of drug-likeness (QED) is 0.381. The number of unbranched alkanes of at least 4 members (excludes halogenated alkanes) is 9. The molecular formula is C15H33CaNaO2. The van der Waals surface area contributed by atoms with Crippen LogP contribution in [-0.4, -0.2) is 48.8 Å². The first-order valence-electron chi connectivity index (χ1n) is 7.20. The van der Waals surface area contributed by atoms with Gasteiger partial charge in [0.2, 0.25) is 0 Å². The van der Waals surface area contributed by atoms with Crippen LogP contribution in [0.4, 0.5) is 0 Å². The summed E-state index contributed by atoms with van der Waals surface area (Å²) in [5.41, 5.74) is 0. The van der Waals surface area contributed by atoms with Gasteiger partial charge >= 0.3 is 73.3 Å². The Bertz CT molecular complexity index is 155. The number of carboxylic acids is 1. The normalized spacial score (nSPS) is 8.58. The number of aliphatic carboxylic acids is 1. The molecule has 108 valence electrons. The molecule has 0 aromatic carbocycles. The van der Waals surface area contributed by atoms with Gasteiger partial charge in [0.15, 0.2) is 0 Å². The van der Waals surface area contributed by atoms with Gasteiger partial charge in [-0.1, -0.05) is 71.6 Å². The van der Waals surface area contributed by atoms with Gasteiger partial charge in [0.25, 0.3) is 0 Å². The molecule has 0 aromatic rings. The summed E-state index contributed by atoms with van der Waals surface area (Å²) in [7, 11) is 0. The van der Waals surface area contributed by atoms with Crippen LogP contribution in [0.5, 0.6) is 0 Å². The third-order valence-electron chi connectivity index (χ3n) is 2.66. The van der Waals surface area contributed by atoms with E-state index in [1.54, 1.807) is 6.92 Å². The van der Waals surface area contributed by atoms with Crippen LogP contribution in [0, 0.1) is 6.92 Å². The topological polar surface area (TPSA) is 37.3 Å². The van der Waals surface area contributed by atoms with E-state index >= 15 is 0 Å². The van der Waals surface area contributed by atoms with Crippen LogP contribution in [0.15, 0.2) is 0 Å². The maximum Gasteiger partial charge on any atom is 2.00 e. The smallest absolute Gasteiger partial charge is 1.00 e. The third-order valence-corrected chi connectivity index (χ3v) is 2.66. The molecule has 1 N–H and O–H groups in total. The SMILES string of the molecule is CCC(=O)O.[CH2-]CCCCCCCCCCC.[Ca+2].[H-].[H-].[Na+]. The van der Waals surface area contributed by atoms with Gasteiger partial charge in [0, 0.05) is 6.42 Å². The van der Waals surface area contributed by atoms with Crippen molar-refractivity contribution in [2.75, 3.05) is 0 Å². The summed E-state index contributed by atoms with van der Waals surface area (Å²) in [5, 5.41) is 7.72. The van der Waals surface area contributed by atoms with Crippen molar-refractivity contribution in [1.82, 2.24) is 0 Å². The number of hydrogen-bond donors (Lipinski definition) is 1. The minimum atomic E-state index is -0.745. The maximum atomic E-state index is 9.37. The Balaban J connectivity index is -0.0000000552. The van der Waals surface area contributed by atoms with Crippen molar-refractivity contribution in [1.29, 1.82) is 0 Å². The second-order valence-electron chi connectivity index (χ2n) is 4.43. The van der Waals surface area contributed by atoms with E-state index in [0.29, 0.717) is 0 Å². The van der Waals surface area contributed by atoms with E-state index < -0.39 is 5.97 Å². The summed E-state index contributed by atoms with van der Waals surface area (Å²) in [6.45, 7) is 7.72. The van der Waals surface area contributed by atoms with E-state index in [1.165, 1.54) is 57.8 Å². The Labute approximate surface area is 175 Å². The standard InChI is InChI=1S/C12H25.C3H6O2.Ca.Na.2H/c1-3-5-7-9-11-12-10-8-6-4-2;1-2-3(4)5;;;;/h1,3-12H2,2H3;2H2,1H3,(H,4,5);;;;/q-1;;+2;+1;2*-1. The molecule has 0 radical (unpaired) electrons. The molecule has 0 aromatic heterocycles. The van der Waals surface area contributed by atoms with Crippen LogP contribution in [0.25, 0.3) is 0 Å². The van der Waals surface area contributed by atoms with E-state index in [2.05, 4.69) is 13.8 Å². The maximum absolute atomic E-state index is 9.37. The van der Waals surface area contributed by atoms with E-state index in [4.69, 9.17) is 5.11 Å². The molecule has 0 saturated heterocycles. The Hall–Kier alpha value is 1.73. The van der Waals surface area contributed by atoms with Gasteiger partial charge < -0.3 is 14.9 Å². The molecular weight excluding hydrogens is 275 g/mol. The Morgan fingerprint density at radius 2 is 1.26 bits per heavy atom. The molecule has 19 heavy (non-hydrogen) atoms. The van der Waals surface area contributed by atoms with E-state index in [0.717, 1.165) is 6.42 Å². The predicted octanol–water partition coefficient (Wildman–Crippen LogP) is 2.07. The van der Waals surface area contributed by atoms with Crippen molar-refractivity contribution >= 4 is 43.7 Å². The van der Waals surface area contributed by atoms with Crippen molar-refractivity contribution in [3.63, 3.8) is 0 Å². The molecule has 0 amide bonds. The van der Waals surface area contributed by atoms with Gasteiger partial charge in [0.05, 0.1) is 0 Å². The molecule has 0 aliphatic heterocycles. The van der Waals surface area contributed by atoms with Crippen molar-refractivity contribution in [3.8, 4) is 0 Å². The molecule has 0 rings (SSSR count). The molecule has 0 bridgehead atoms. The van der Waals surface area contributed by atoms with E-state index in [9.17, 15) is 4.79 Å². The van der Waals surface area contributed by atoms with Gasteiger partial charge in [-0.15, -0.1) is 0 Å². The van der Waals surface area contributed by atoms with Crippen LogP contribution >= 0.6 is 0 Å². The second-order valence-corrected chi connectivity index (χ2v) is 4.43. The predicted molar refractivity (Wildman–Crippen MR) is 83.1 cm³/mol. The Morgan fingerprint density at radius 3 is 1.53 bits per heavy atom. The van der Waals surface area contributed by atoms with Gasteiger partial charge in [-0.3, -0.25) is 4.79 Å². The average molecular weight is 308 g/mol. The van der Waals surface area contributed by atoms with Crippen LogP contribution in [0.3, 0.4) is 0 Å². The fourth-order valence-electron chi connectivity index (χ4n) is 1.49. The minimum absolute atomic E-state index is 0. The molecule has 0 aliphatic carbocycles. The number of hydrogen-bond acceptors (Lipinski definition) is 1. The number of carbonyl (C=O) groups is 1. The Kier molecular flexibility index (Phi) is 42.4. The summed E-state index contributed by atoms with van der Waals surface area (Å²) in [6, 6.07) is 0. The molecule has 0 heterocycles. The van der Waals surface area contributed by atoms with Crippen molar-refractivity contribution in [2.45, 2.75) is 84.5 Å². The zero-order valence-electron chi connectivity index (χ0n) is 15.5. The van der Waals surface area contributed by atoms with Gasteiger partial charge in [-0.25, -0.2) is 0 Å². The van der Waals surface area contributed by atoms with Crippen molar-refractivity contribution < 1.29 is 42.3 Å².